The lowest BCUT2D eigenvalue weighted by molar-refractivity contribution is 0.0702. The topological polar surface area (TPSA) is 54.4 Å². The maximum Gasteiger partial charge on any atom is 0.345 e. The third-order valence-electron chi connectivity index (χ3n) is 2.46. The van der Waals surface area contributed by atoms with Crippen LogP contribution in [0.4, 0.5) is 0 Å². The first-order valence-corrected chi connectivity index (χ1v) is 7.06. The van der Waals surface area contributed by atoms with Crippen molar-refractivity contribution in [1.82, 2.24) is 0 Å². The predicted molar refractivity (Wildman–Crippen MR) is 81.1 cm³/mol. The van der Waals surface area contributed by atoms with Gasteiger partial charge < -0.3 is 5.11 Å². The second kappa shape index (κ2) is 6.22. The van der Waals surface area contributed by atoms with Gasteiger partial charge in [-0.15, -0.1) is 11.3 Å². The minimum atomic E-state index is -1.05. The summed E-state index contributed by atoms with van der Waals surface area (Å²) in [4.78, 5) is 23.1. The van der Waals surface area contributed by atoms with Gasteiger partial charge in [0.25, 0.3) is 0 Å². The van der Waals surface area contributed by atoms with Crippen molar-refractivity contribution in [2.45, 2.75) is 0 Å². The summed E-state index contributed by atoms with van der Waals surface area (Å²) in [7, 11) is 0. The lowest BCUT2D eigenvalue weighted by atomic mass is 10.2. The normalized spacial score (nSPS) is 10.9. The highest BCUT2D eigenvalue weighted by Gasteiger charge is 2.11. The Morgan fingerprint density at radius 2 is 1.80 bits per heavy atom. The van der Waals surface area contributed by atoms with E-state index in [1.165, 1.54) is 18.2 Å². The summed E-state index contributed by atoms with van der Waals surface area (Å²) in [6, 6.07) is 8.00. The molecule has 0 saturated heterocycles. The molecule has 0 aliphatic carbocycles. The lowest BCUT2D eigenvalue weighted by Crippen LogP contribution is -1.91. The van der Waals surface area contributed by atoms with Crippen molar-refractivity contribution >= 4 is 52.4 Å². The largest absolute Gasteiger partial charge is 0.477 e. The summed E-state index contributed by atoms with van der Waals surface area (Å²) in [5, 5.41) is 9.58. The standard InChI is InChI=1S/C14H8Cl2O3S/c15-9-3-1-2-8(13(9)16)4-5-10(17)11-6-7-12(20-11)14(18)19/h1-7H,(H,18,19)/b5-4+. The average Bonchev–Trinajstić information content (AvgIpc) is 2.90. The van der Waals surface area contributed by atoms with E-state index in [0.29, 0.717) is 20.5 Å². The van der Waals surface area contributed by atoms with Gasteiger partial charge in [0.05, 0.1) is 14.9 Å². The molecule has 0 amide bonds. The zero-order valence-electron chi connectivity index (χ0n) is 9.97. The van der Waals surface area contributed by atoms with Crippen molar-refractivity contribution < 1.29 is 14.7 Å². The van der Waals surface area contributed by atoms with E-state index in [1.807, 2.05) is 0 Å². The number of halogens is 2. The zero-order chi connectivity index (χ0) is 14.7. The van der Waals surface area contributed by atoms with Crippen molar-refractivity contribution in [3.63, 3.8) is 0 Å². The SMILES string of the molecule is O=C(O)c1ccc(C(=O)/C=C/c2cccc(Cl)c2Cl)s1. The summed E-state index contributed by atoms with van der Waals surface area (Å²) in [6.07, 6.45) is 2.89. The van der Waals surface area contributed by atoms with Crippen LogP contribution < -0.4 is 0 Å². The minimum Gasteiger partial charge on any atom is -0.477 e. The van der Waals surface area contributed by atoms with Crippen LogP contribution in [0.2, 0.25) is 10.0 Å². The molecule has 3 nitrogen and oxygen atoms in total. The van der Waals surface area contributed by atoms with Crippen LogP contribution in [0.5, 0.6) is 0 Å². The van der Waals surface area contributed by atoms with Crippen LogP contribution in [0, 0.1) is 0 Å². The molecule has 0 bridgehead atoms. The van der Waals surface area contributed by atoms with E-state index < -0.39 is 5.97 Å². The van der Waals surface area contributed by atoms with Crippen molar-refractivity contribution in [3.05, 3.63) is 61.8 Å². The molecular weight excluding hydrogens is 319 g/mol. The maximum atomic E-state index is 11.9. The van der Waals surface area contributed by atoms with Gasteiger partial charge in [-0.25, -0.2) is 4.79 Å². The van der Waals surface area contributed by atoms with Gasteiger partial charge in [-0.2, -0.15) is 0 Å². The van der Waals surface area contributed by atoms with Crippen LogP contribution in [0.3, 0.4) is 0 Å². The number of allylic oxidation sites excluding steroid dienone is 1. The minimum absolute atomic E-state index is 0.127. The summed E-state index contributed by atoms with van der Waals surface area (Å²) in [5.41, 5.74) is 0.627. The van der Waals surface area contributed by atoms with Crippen molar-refractivity contribution in [3.8, 4) is 0 Å². The van der Waals surface area contributed by atoms with Crippen LogP contribution in [0.1, 0.15) is 24.9 Å². The molecule has 0 saturated carbocycles. The highest BCUT2D eigenvalue weighted by atomic mass is 35.5. The first-order chi connectivity index (χ1) is 9.49. The van der Waals surface area contributed by atoms with E-state index in [-0.39, 0.29) is 10.7 Å². The second-order valence-corrected chi connectivity index (χ2v) is 5.68. The number of carboxylic acids is 1. The number of aromatic carboxylic acids is 1. The Morgan fingerprint density at radius 3 is 2.45 bits per heavy atom. The fraction of sp³-hybridized carbons (Fsp3) is 0. The summed E-state index contributed by atoms with van der Waals surface area (Å²) >= 11 is 12.8. The Morgan fingerprint density at radius 1 is 1.10 bits per heavy atom. The molecule has 0 atom stereocenters. The van der Waals surface area contributed by atoms with Gasteiger partial charge in [-0.3, -0.25) is 4.79 Å². The Labute approximate surface area is 129 Å². The monoisotopic (exact) mass is 326 g/mol. The van der Waals surface area contributed by atoms with Crippen LogP contribution >= 0.6 is 34.5 Å². The number of hydrogen-bond acceptors (Lipinski definition) is 3. The van der Waals surface area contributed by atoms with E-state index in [2.05, 4.69) is 0 Å². The predicted octanol–water partition coefficient (Wildman–Crippen LogP) is 4.65. The van der Waals surface area contributed by atoms with Gasteiger partial charge in [0.1, 0.15) is 4.88 Å². The van der Waals surface area contributed by atoms with Gasteiger partial charge >= 0.3 is 5.97 Å². The molecule has 0 fully saturated rings. The highest BCUT2D eigenvalue weighted by molar-refractivity contribution is 7.16. The molecule has 0 spiro atoms. The van der Waals surface area contributed by atoms with Crippen LogP contribution in [-0.2, 0) is 0 Å². The van der Waals surface area contributed by atoms with Crippen molar-refractivity contribution in [2.24, 2.45) is 0 Å². The molecule has 0 aliphatic rings. The molecule has 2 rings (SSSR count). The Hall–Kier alpha value is -1.62. The number of carboxylic acid groups (broad SMARTS) is 1. The number of carbonyl (C=O) groups is 2. The second-order valence-electron chi connectivity index (χ2n) is 3.81. The van der Waals surface area contributed by atoms with Crippen LogP contribution in [0.15, 0.2) is 36.4 Å². The van der Waals surface area contributed by atoms with E-state index in [4.69, 9.17) is 28.3 Å². The molecule has 102 valence electrons. The smallest absolute Gasteiger partial charge is 0.345 e. The number of benzene rings is 1. The number of thiophene rings is 1. The lowest BCUT2D eigenvalue weighted by Gasteiger charge is -1.99. The molecule has 1 aromatic heterocycles. The number of carbonyl (C=O) groups excluding carboxylic acids is 1. The summed E-state index contributed by atoms with van der Waals surface area (Å²) in [5.74, 6) is -1.32. The van der Waals surface area contributed by atoms with Crippen molar-refractivity contribution in [2.75, 3.05) is 0 Å². The fourth-order valence-corrected chi connectivity index (χ4v) is 2.62. The van der Waals surface area contributed by atoms with E-state index in [0.717, 1.165) is 11.3 Å². The van der Waals surface area contributed by atoms with Crippen molar-refractivity contribution in [1.29, 1.82) is 0 Å². The van der Waals surface area contributed by atoms with E-state index in [1.54, 1.807) is 24.3 Å². The van der Waals surface area contributed by atoms with E-state index >= 15 is 0 Å². The molecule has 0 radical (unpaired) electrons. The number of rotatable bonds is 4. The maximum absolute atomic E-state index is 11.9. The summed E-state index contributed by atoms with van der Waals surface area (Å²) < 4.78 is 0. The average molecular weight is 327 g/mol. The Balaban J connectivity index is 2.20. The van der Waals surface area contributed by atoms with Gasteiger partial charge in [0.15, 0.2) is 5.78 Å². The third kappa shape index (κ3) is 3.28. The van der Waals surface area contributed by atoms with Gasteiger partial charge in [0, 0.05) is 0 Å². The molecule has 0 aliphatic heterocycles. The molecule has 1 aromatic carbocycles. The molecule has 6 heteroatoms. The van der Waals surface area contributed by atoms with E-state index in [9.17, 15) is 9.59 Å². The van der Waals surface area contributed by atoms with Crippen LogP contribution in [0.25, 0.3) is 6.08 Å². The zero-order valence-corrected chi connectivity index (χ0v) is 12.3. The molecule has 1 N–H and O–H groups in total. The van der Waals surface area contributed by atoms with Crippen LogP contribution in [-0.4, -0.2) is 16.9 Å². The molecule has 20 heavy (non-hydrogen) atoms. The molecule has 0 unspecified atom stereocenters. The van der Waals surface area contributed by atoms with Gasteiger partial charge in [0.2, 0.25) is 0 Å². The Bertz CT molecular complexity index is 704. The van der Waals surface area contributed by atoms with Gasteiger partial charge in [-0.05, 0) is 35.9 Å². The number of hydrogen-bond donors (Lipinski definition) is 1. The number of ketones is 1. The van der Waals surface area contributed by atoms with Gasteiger partial charge in [-0.1, -0.05) is 35.3 Å². The third-order valence-corrected chi connectivity index (χ3v) is 4.38. The quantitative estimate of drug-likeness (QED) is 0.657. The first kappa shape index (κ1) is 14.8. The summed E-state index contributed by atoms with van der Waals surface area (Å²) in [6.45, 7) is 0. The molecular formula is C14H8Cl2O3S. The molecule has 2 aromatic rings. The fourth-order valence-electron chi connectivity index (χ4n) is 1.48. The molecule has 1 heterocycles. The highest BCUT2D eigenvalue weighted by Crippen LogP contribution is 2.26. The Kier molecular flexibility index (Phi) is 4.60. The first-order valence-electron chi connectivity index (χ1n) is 5.48.